The van der Waals surface area contributed by atoms with E-state index in [-0.39, 0.29) is 0 Å². The van der Waals surface area contributed by atoms with E-state index in [1.54, 1.807) is 19.8 Å². The topological polar surface area (TPSA) is 73.0 Å². The highest BCUT2D eigenvalue weighted by Gasteiger charge is 2.26. The maximum Gasteiger partial charge on any atom is 0.165 e. The number of rotatable bonds is 7. The molecule has 2 fully saturated rings. The maximum absolute atomic E-state index is 6.15. The fourth-order valence-electron chi connectivity index (χ4n) is 7.61. The van der Waals surface area contributed by atoms with Crippen molar-refractivity contribution in [2.45, 2.75) is 70.5 Å². The highest BCUT2D eigenvalue weighted by molar-refractivity contribution is 7.17. The first-order valence-electron chi connectivity index (χ1n) is 18.1. The van der Waals surface area contributed by atoms with Crippen LogP contribution in [0.1, 0.15) is 60.4 Å². The minimum Gasteiger partial charge on any atom is -0.493 e. The minimum absolute atomic E-state index is 0.302. The summed E-state index contributed by atoms with van der Waals surface area (Å²) in [6, 6.07) is 17.3. The number of thiophene rings is 1. The Bertz CT molecular complexity index is 1770. The van der Waals surface area contributed by atoms with Crippen molar-refractivity contribution in [2.24, 2.45) is 0 Å². The van der Waals surface area contributed by atoms with Gasteiger partial charge in [0.1, 0.15) is 12.2 Å². The van der Waals surface area contributed by atoms with E-state index in [0.717, 1.165) is 87.9 Å². The molecule has 1 aromatic heterocycles. The second kappa shape index (κ2) is 16.0. The zero-order valence-corrected chi connectivity index (χ0v) is 30.1. The highest BCUT2D eigenvalue weighted by Crippen LogP contribution is 2.40. The molecule has 1 atom stereocenters. The van der Waals surface area contributed by atoms with E-state index in [4.69, 9.17) is 18.9 Å². The summed E-state index contributed by atoms with van der Waals surface area (Å²) in [5, 5.41) is 13.5. The van der Waals surface area contributed by atoms with Gasteiger partial charge in [-0.05, 0) is 123 Å². The van der Waals surface area contributed by atoms with Crippen LogP contribution < -0.4 is 34.9 Å². The standard InChI is InChI=1S/C14H19NO2.C14H15NS.C13H17NO2/c1-16-13-6-5-10-3-2-4-12(10)14(13)17-11-7-8-15-9-11;1-10-9-15-7-5-12(10)13-4-2-3-11-6-8-16-14(11)13;1-15-12-6-5-9-3-2-4-11(9)13(12)16-10-7-14-8-10/h5-6,11,15H,2-4,7-9H2,1H3;2-4,6,8,15H,5,7,9H2,1H3;5-6,10,14H,2-4,7-8H2,1H3/t11-;;/m0../s1. The summed E-state index contributed by atoms with van der Waals surface area (Å²) in [4.78, 5) is 0. The largest absolute Gasteiger partial charge is 0.493 e. The van der Waals surface area contributed by atoms with Gasteiger partial charge in [-0.15, -0.1) is 11.3 Å². The Hall–Kier alpha value is -3.56. The van der Waals surface area contributed by atoms with E-state index < -0.39 is 0 Å². The fourth-order valence-corrected chi connectivity index (χ4v) is 8.56. The number of hydrogen-bond acceptors (Lipinski definition) is 8. The number of hydrogen-bond donors (Lipinski definition) is 3. The van der Waals surface area contributed by atoms with Crippen LogP contribution in [-0.2, 0) is 25.7 Å². The van der Waals surface area contributed by atoms with Gasteiger partial charge in [-0.1, -0.05) is 35.9 Å². The molecule has 260 valence electrons. The molecule has 4 heterocycles. The molecule has 0 amide bonds. The average Bonchev–Trinajstić information content (AvgIpc) is 3.94. The number of benzene rings is 3. The van der Waals surface area contributed by atoms with E-state index in [0.29, 0.717) is 12.2 Å². The molecule has 0 radical (unpaired) electrons. The molecule has 4 aromatic rings. The van der Waals surface area contributed by atoms with Gasteiger partial charge >= 0.3 is 0 Å². The highest BCUT2D eigenvalue weighted by atomic mass is 32.1. The average molecular weight is 682 g/mol. The van der Waals surface area contributed by atoms with Crippen molar-refractivity contribution in [3.63, 3.8) is 0 Å². The van der Waals surface area contributed by atoms with Crippen molar-refractivity contribution in [1.82, 2.24) is 16.0 Å². The third kappa shape index (κ3) is 7.63. The quantitative estimate of drug-likeness (QED) is 0.192. The lowest BCUT2D eigenvalue weighted by atomic mass is 9.94. The van der Waals surface area contributed by atoms with Crippen LogP contribution in [0.5, 0.6) is 23.0 Å². The molecule has 5 aliphatic rings. The summed E-state index contributed by atoms with van der Waals surface area (Å²) in [7, 11) is 3.43. The van der Waals surface area contributed by atoms with Gasteiger partial charge in [-0.2, -0.15) is 0 Å². The Labute approximate surface area is 295 Å². The summed E-state index contributed by atoms with van der Waals surface area (Å²) >= 11 is 1.86. The number of aryl methyl sites for hydroxylation is 2. The molecule has 3 aromatic carbocycles. The molecule has 3 N–H and O–H groups in total. The molecular weight excluding hydrogens is 631 g/mol. The zero-order valence-electron chi connectivity index (χ0n) is 29.3. The Morgan fingerprint density at radius 2 is 1.35 bits per heavy atom. The van der Waals surface area contributed by atoms with E-state index in [1.165, 1.54) is 69.2 Å². The fraction of sp³-hybridized carbons (Fsp3) is 0.463. The molecule has 0 unspecified atom stereocenters. The summed E-state index contributed by atoms with van der Waals surface area (Å²) in [5.41, 5.74) is 10.1. The molecule has 2 aliphatic carbocycles. The second-order valence-corrected chi connectivity index (χ2v) is 14.6. The number of nitrogens with one attached hydrogen (secondary N) is 3. The SMILES string of the molecule is CC1=C(c2cccc3ccsc23)CCNC1.COc1ccc2c(c1OC1CNC1)CCC2.COc1ccc2c(c1O[C@H]1CCNC1)CCC2. The van der Waals surface area contributed by atoms with Crippen LogP contribution >= 0.6 is 11.3 Å². The molecular formula is C41H51N3O4S. The van der Waals surface area contributed by atoms with Crippen molar-refractivity contribution in [1.29, 1.82) is 0 Å². The van der Waals surface area contributed by atoms with Crippen molar-refractivity contribution in [2.75, 3.05) is 53.5 Å². The van der Waals surface area contributed by atoms with E-state index in [1.807, 2.05) is 23.5 Å². The Morgan fingerprint density at radius 1 is 0.673 bits per heavy atom. The van der Waals surface area contributed by atoms with Crippen LogP contribution in [0.4, 0.5) is 0 Å². The zero-order chi connectivity index (χ0) is 33.6. The van der Waals surface area contributed by atoms with Gasteiger partial charge in [0.05, 0.1) is 14.2 Å². The third-order valence-electron chi connectivity index (χ3n) is 10.4. The van der Waals surface area contributed by atoms with Crippen LogP contribution in [0.15, 0.2) is 59.5 Å². The van der Waals surface area contributed by atoms with Gasteiger partial charge in [0.15, 0.2) is 23.0 Å². The van der Waals surface area contributed by atoms with Gasteiger partial charge < -0.3 is 34.9 Å². The molecule has 9 rings (SSSR count). The maximum atomic E-state index is 6.15. The second-order valence-electron chi connectivity index (χ2n) is 13.6. The molecule has 49 heavy (non-hydrogen) atoms. The van der Waals surface area contributed by atoms with Gasteiger partial charge in [0, 0.05) is 42.0 Å². The Morgan fingerprint density at radius 3 is 1.94 bits per heavy atom. The predicted octanol–water partition coefficient (Wildman–Crippen LogP) is 7.13. The molecule has 0 bridgehead atoms. The molecule has 0 spiro atoms. The first-order valence-corrected chi connectivity index (χ1v) is 19.0. The predicted molar refractivity (Wildman–Crippen MR) is 201 cm³/mol. The van der Waals surface area contributed by atoms with Crippen LogP contribution in [0.2, 0.25) is 0 Å². The first-order chi connectivity index (χ1) is 24.1. The Balaban J connectivity index is 0.000000116. The minimum atomic E-state index is 0.302. The van der Waals surface area contributed by atoms with Gasteiger partial charge in [0.25, 0.3) is 0 Å². The van der Waals surface area contributed by atoms with Gasteiger partial charge in [0.2, 0.25) is 0 Å². The van der Waals surface area contributed by atoms with E-state index in [2.05, 4.69) is 64.7 Å². The van der Waals surface area contributed by atoms with Gasteiger partial charge in [-0.3, -0.25) is 0 Å². The lowest BCUT2D eigenvalue weighted by Crippen LogP contribution is -2.50. The monoisotopic (exact) mass is 681 g/mol. The smallest absolute Gasteiger partial charge is 0.165 e. The third-order valence-corrected chi connectivity index (χ3v) is 11.4. The van der Waals surface area contributed by atoms with Gasteiger partial charge in [-0.25, -0.2) is 0 Å². The number of ether oxygens (including phenoxy) is 4. The number of methoxy groups -OCH3 is 2. The lowest BCUT2D eigenvalue weighted by Gasteiger charge is -2.29. The normalized spacial score (nSPS) is 19.6. The molecule has 7 nitrogen and oxygen atoms in total. The molecule has 8 heteroatoms. The summed E-state index contributed by atoms with van der Waals surface area (Å²) in [6.07, 6.45) is 9.96. The molecule has 0 saturated carbocycles. The van der Waals surface area contributed by atoms with Crippen LogP contribution in [-0.4, -0.2) is 65.7 Å². The molecule has 3 aliphatic heterocycles. The summed E-state index contributed by atoms with van der Waals surface area (Å²) in [6.45, 7) is 8.30. The van der Waals surface area contributed by atoms with Crippen molar-refractivity contribution < 1.29 is 18.9 Å². The lowest BCUT2D eigenvalue weighted by molar-refractivity contribution is 0.136. The van der Waals surface area contributed by atoms with Crippen molar-refractivity contribution in [3.05, 3.63) is 87.3 Å². The van der Waals surface area contributed by atoms with E-state index >= 15 is 0 Å². The molecule has 2 saturated heterocycles. The van der Waals surface area contributed by atoms with Crippen LogP contribution in [0.25, 0.3) is 15.7 Å². The summed E-state index contributed by atoms with van der Waals surface area (Å²) < 4.78 is 24.5. The van der Waals surface area contributed by atoms with E-state index in [9.17, 15) is 0 Å². The van der Waals surface area contributed by atoms with Crippen molar-refractivity contribution >= 4 is 27.0 Å². The van der Waals surface area contributed by atoms with Crippen molar-refractivity contribution in [3.8, 4) is 23.0 Å². The Kier molecular flexibility index (Phi) is 11.1. The van der Waals surface area contributed by atoms with Crippen LogP contribution in [0, 0.1) is 0 Å². The van der Waals surface area contributed by atoms with Crippen LogP contribution in [0.3, 0.4) is 0 Å². The number of fused-ring (bicyclic) bond motifs is 3. The summed E-state index contributed by atoms with van der Waals surface area (Å²) in [5.74, 6) is 3.75. The first kappa shape index (κ1) is 33.9.